The lowest BCUT2D eigenvalue weighted by Gasteiger charge is -2.28. The van der Waals surface area contributed by atoms with Crippen molar-refractivity contribution in [1.82, 2.24) is 20.7 Å². The van der Waals surface area contributed by atoms with E-state index in [1.54, 1.807) is 12.4 Å². The Morgan fingerprint density at radius 1 is 0.682 bits per heavy atom. The molecule has 0 spiro atoms. The van der Waals surface area contributed by atoms with E-state index in [1.807, 2.05) is 0 Å². The molecule has 2 aliphatic heterocycles. The predicted molar refractivity (Wildman–Crippen MR) is 99.3 cm³/mol. The van der Waals surface area contributed by atoms with Gasteiger partial charge in [0.1, 0.15) is 0 Å². The van der Waals surface area contributed by atoms with Crippen molar-refractivity contribution >= 4 is 47.1 Å². The molecular formula is C14H24N6S2. The van der Waals surface area contributed by atoms with E-state index in [1.165, 1.54) is 38.5 Å². The van der Waals surface area contributed by atoms with E-state index < -0.39 is 0 Å². The van der Waals surface area contributed by atoms with Crippen molar-refractivity contribution in [2.24, 2.45) is 10.2 Å². The van der Waals surface area contributed by atoms with Crippen LogP contribution in [0.3, 0.4) is 0 Å². The molecule has 0 unspecified atom stereocenters. The van der Waals surface area contributed by atoms with Crippen LogP contribution in [0.25, 0.3) is 0 Å². The third-order valence-electron chi connectivity index (χ3n) is 3.82. The van der Waals surface area contributed by atoms with Crippen LogP contribution in [0, 0.1) is 0 Å². The first-order chi connectivity index (χ1) is 10.8. The lowest BCUT2D eigenvalue weighted by molar-refractivity contribution is 0.338. The highest BCUT2D eigenvalue weighted by Crippen LogP contribution is 2.09. The van der Waals surface area contributed by atoms with E-state index in [4.69, 9.17) is 24.4 Å². The maximum Gasteiger partial charge on any atom is 0.189 e. The van der Waals surface area contributed by atoms with Crippen molar-refractivity contribution in [2.45, 2.75) is 38.5 Å². The third kappa shape index (κ3) is 5.84. The van der Waals surface area contributed by atoms with Crippen LogP contribution < -0.4 is 10.9 Å². The number of nitrogens with zero attached hydrogens (tertiary/aromatic N) is 4. The van der Waals surface area contributed by atoms with Crippen LogP contribution in [0.2, 0.25) is 0 Å². The lowest BCUT2D eigenvalue weighted by Crippen LogP contribution is -2.41. The van der Waals surface area contributed by atoms with E-state index in [0.717, 1.165) is 26.2 Å². The number of thiocarbonyl (C=S) groups is 2. The third-order valence-corrected chi connectivity index (χ3v) is 4.52. The van der Waals surface area contributed by atoms with Crippen LogP contribution in [0.1, 0.15) is 38.5 Å². The molecule has 0 saturated carbocycles. The summed E-state index contributed by atoms with van der Waals surface area (Å²) in [4.78, 5) is 4.30. The summed E-state index contributed by atoms with van der Waals surface area (Å²) in [5.41, 5.74) is 5.74. The summed E-state index contributed by atoms with van der Waals surface area (Å²) in [5.74, 6) is 0. The highest BCUT2D eigenvalue weighted by Gasteiger charge is 2.12. The lowest BCUT2D eigenvalue weighted by atomic mass is 10.1. The Labute approximate surface area is 143 Å². The molecule has 6 nitrogen and oxygen atoms in total. The fraction of sp³-hybridized carbons (Fsp3) is 0.714. The minimum absolute atomic E-state index is 0.682. The number of likely N-dealkylation sites (tertiary alicyclic amines) is 2. The first kappa shape index (κ1) is 17.1. The van der Waals surface area contributed by atoms with Crippen molar-refractivity contribution in [1.29, 1.82) is 0 Å². The van der Waals surface area contributed by atoms with Gasteiger partial charge in [-0.3, -0.25) is 10.9 Å². The van der Waals surface area contributed by atoms with Gasteiger partial charge in [0.25, 0.3) is 0 Å². The van der Waals surface area contributed by atoms with Crippen molar-refractivity contribution in [2.75, 3.05) is 26.2 Å². The first-order valence-electron chi connectivity index (χ1n) is 7.92. The van der Waals surface area contributed by atoms with Gasteiger partial charge in [0.05, 0.1) is 12.4 Å². The molecule has 2 aliphatic rings. The molecule has 22 heavy (non-hydrogen) atoms. The van der Waals surface area contributed by atoms with E-state index in [-0.39, 0.29) is 0 Å². The number of piperidine rings is 2. The van der Waals surface area contributed by atoms with Crippen LogP contribution in [-0.4, -0.2) is 58.6 Å². The van der Waals surface area contributed by atoms with Crippen LogP contribution in [0.15, 0.2) is 10.2 Å². The standard InChI is InChI=1S/C14H24N6S2/c21-13(19-9-3-1-4-10-19)17-15-7-8-16-18-14(22)20-11-5-2-6-12-20/h7-8H,1-6,9-12H2,(H,17,21)(H,18,22)/b15-7-,16-8-. The van der Waals surface area contributed by atoms with Crippen molar-refractivity contribution in [3.63, 3.8) is 0 Å². The van der Waals surface area contributed by atoms with E-state index >= 15 is 0 Å². The molecule has 0 aromatic rings. The van der Waals surface area contributed by atoms with E-state index in [2.05, 4.69) is 30.9 Å². The predicted octanol–water partition coefficient (Wildman–Crippen LogP) is 1.68. The van der Waals surface area contributed by atoms with Gasteiger partial charge in [-0.05, 0) is 63.0 Å². The van der Waals surface area contributed by atoms with E-state index in [0.29, 0.717) is 10.2 Å². The normalized spacial score (nSPS) is 19.6. The molecule has 2 heterocycles. The number of hydrogen-bond donors (Lipinski definition) is 2. The molecule has 0 radical (unpaired) electrons. The largest absolute Gasteiger partial charge is 0.348 e. The Hall–Kier alpha value is -1.28. The SMILES string of the molecule is S=C(N/N=C\C=N/NC(=S)N1CCCCC1)N1CCCCC1. The summed E-state index contributed by atoms with van der Waals surface area (Å²) in [6.07, 6.45) is 10.5. The molecule has 2 rings (SSSR count). The molecule has 0 bridgehead atoms. The van der Waals surface area contributed by atoms with Crippen molar-refractivity contribution < 1.29 is 0 Å². The fourth-order valence-corrected chi connectivity index (χ4v) is 3.06. The van der Waals surface area contributed by atoms with Gasteiger partial charge in [0.15, 0.2) is 10.2 Å². The first-order valence-corrected chi connectivity index (χ1v) is 8.73. The summed E-state index contributed by atoms with van der Waals surface area (Å²) in [5, 5.41) is 9.47. The highest BCUT2D eigenvalue weighted by atomic mass is 32.1. The van der Waals surface area contributed by atoms with Gasteiger partial charge in [-0.2, -0.15) is 10.2 Å². The summed E-state index contributed by atoms with van der Waals surface area (Å²) in [7, 11) is 0. The van der Waals surface area contributed by atoms with Crippen molar-refractivity contribution in [3.05, 3.63) is 0 Å². The summed E-state index contributed by atoms with van der Waals surface area (Å²) in [6.45, 7) is 4.06. The molecule has 2 fully saturated rings. The molecule has 8 heteroatoms. The monoisotopic (exact) mass is 340 g/mol. The summed E-state index contributed by atoms with van der Waals surface area (Å²) >= 11 is 10.6. The number of rotatable bonds is 3. The number of hydrazone groups is 2. The molecule has 122 valence electrons. The van der Waals surface area contributed by atoms with Gasteiger partial charge in [-0.25, -0.2) is 0 Å². The van der Waals surface area contributed by atoms with Gasteiger partial charge in [0.2, 0.25) is 0 Å². The molecule has 0 aliphatic carbocycles. The zero-order valence-corrected chi connectivity index (χ0v) is 14.5. The van der Waals surface area contributed by atoms with Gasteiger partial charge in [0, 0.05) is 26.2 Å². The fourth-order valence-electron chi connectivity index (χ4n) is 2.59. The maximum absolute atomic E-state index is 5.29. The average Bonchev–Trinajstić information content (AvgIpc) is 2.59. The highest BCUT2D eigenvalue weighted by molar-refractivity contribution is 7.80. The average molecular weight is 341 g/mol. The second kappa shape index (κ2) is 9.68. The number of nitrogens with one attached hydrogen (secondary N) is 2. The Balaban J connectivity index is 1.61. The number of hydrogen-bond acceptors (Lipinski definition) is 4. The van der Waals surface area contributed by atoms with Gasteiger partial charge in [-0.1, -0.05) is 0 Å². The van der Waals surface area contributed by atoms with Crippen LogP contribution in [0.5, 0.6) is 0 Å². The summed E-state index contributed by atoms with van der Waals surface area (Å²) < 4.78 is 0. The minimum atomic E-state index is 0.682. The second-order valence-electron chi connectivity index (χ2n) is 5.49. The molecule has 2 saturated heterocycles. The quantitative estimate of drug-likeness (QED) is 0.463. The molecular weight excluding hydrogens is 316 g/mol. The van der Waals surface area contributed by atoms with Gasteiger partial charge >= 0.3 is 0 Å². The van der Waals surface area contributed by atoms with Crippen LogP contribution in [-0.2, 0) is 0 Å². The van der Waals surface area contributed by atoms with Gasteiger partial charge in [-0.15, -0.1) is 0 Å². The Kier molecular flexibility index (Phi) is 7.51. The zero-order chi connectivity index (χ0) is 15.6. The molecule has 0 aromatic heterocycles. The zero-order valence-electron chi connectivity index (χ0n) is 12.8. The molecule has 0 aromatic carbocycles. The maximum atomic E-state index is 5.29. The topological polar surface area (TPSA) is 55.3 Å². The van der Waals surface area contributed by atoms with Gasteiger partial charge < -0.3 is 9.80 Å². The molecule has 0 amide bonds. The smallest absolute Gasteiger partial charge is 0.189 e. The second-order valence-corrected chi connectivity index (χ2v) is 6.26. The van der Waals surface area contributed by atoms with E-state index in [9.17, 15) is 0 Å². The summed E-state index contributed by atoms with van der Waals surface area (Å²) in [6, 6.07) is 0. The minimum Gasteiger partial charge on any atom is -0.348 e. The Morgan fingerprint density at radius 3 is 1.41 bits per heavy atom. The Bertz CT molecular complexity index is 385. The van der Waals surface area contributed by atoms with Crippen LogP contribution in [0.4, 0.5) is 0 Å². The van der Waals surface area contributed by atoms with Crippen molar-refractivity contribution in [3.8, 4) is 0 Å². The Morgan fingerprint density at radius 2 is 1.05 bits per heavy atom. The molecule has 2 N–H and O–H groups in total. The van der Waals surface area contributed by atoms with Crippen LogP contribution >= 0.6 is 24.4 Å². The molecule has 0 atom stereocenters.